The van der Waals surface area contributed by atoms with E-state index in [2.05, 4.69) is 9.97 Å². The smallest absolute Gasteiger partial charge is 0.270 e. The zero-order valence-corrected chi connectivity index (χ0v) is 15.4. The lowest BCUT2D eigenvalue weighted by atomic mass is 10.1. The Morgan fingerprint density at radius 1 is 1.41 bits per heavy atom. The van der Waals surface area contributed by atoms with Crippen LogP contribution in [-0.2, 0) is 6.42 Å². The van der Waals surface area contributed by atoms with Gasteiger partial charge in [0.1, 0.15) is 21.9 Å². The second-order valence-corrected chi connectivity index (χ2v) is 7.47. The molecule has 1 amide bonds. The van der Waals surface area contributed by atoms with Crippen molar-refractivity contribution in [2.75, 3.05) is 24.5 Å². The van der Waals surface area contributed by atoms with E-state index in [9.17, 15) is 9.18 Å². The Hall–Kier alpha value is -2.81. The molecule has 0 radical (unpaired) electrons. The normalized spacial score (nSPS) is 20.1. The van der Waals surface area contributed by atoms with E-state index in [1.807, 2.05) is 17.0 Å². The van der Waals surface area contributed by atoms with Crippen molar-refractivity contribution in [3.05, 3.63) is 40.8 Å². The number of nitrogens with two attached hydrogens (primary N) is 1. The lowest BCUT2D eigenvalue weighted by Gasteiger charge is -2.25. The number of hydrogen-bond acceptors (Lipinski definition) is 7. The highest BCUT2D eigenvalue weighted by Gasteiger charge is 2.30. The van der Waals surface area contributed by atoms with Gasteiger partial charge < -0.3 is 20.9 Å². The van der Waals surface area contributed by atoms with Crippen molar-refractivity contribution < 1.29 is 9.18 Å². The first-order valence-electron chi connectivity index (χ1n) is 8.70. The summed E-state index contributed by atoms with van der Waals surface area (Å²) in [6.07, 6.45) is 4.42. The van der Waals surface area contributed by atoms with Gasteiger partial charge in [0.15, 0.2) is 0 Å². The van der Waals surface area contributed by atoms with E-state index in [1.165, 1.54) is 22.4 Å². The molecule has 7 nitrogen and oxygen atoms in total. The molecule has 1 saturated heterocycles. The number of nitrogens with one attached hydrogen (secondary N) is 1. The minimum absolute atomic E-state index is 0.184. The summed E-state index contributed by atoms with van der Waals surface area (Å²) in [4.78, 5) is 25.8. The first-order chi connectivity index (χ1) is 13.1. The van der Waals surface area contributed by atoms with E-state index in [4.69, 9.17) is 11.1 Å². The van der Waals surface area contributed by atoms with E-state index in [0.717, 1.165) is 28.3 Å². The van der Waals surface area contributed by atoms with Crippen molar-refractivity contribution in [2.24, 2.45) is 5.73 Å². The van der Waals surface area contributed by atoms with Crippen molar-refractivity contribution in [1.82, 2.24) is 14.9 Å². The number of carbonyl (C=O) groups excluding carboxylic acids is 1. The highest BCUT2D eigenvalue weighted by Crippen LogP contribution is 2.33. The van der Waals surface area contributed by atoms with Gasteiger partial charge in [-0.25, -0.2) is 14.4 Å². The molecule has 27 heavy (non-hydrogen) atoms. The molecule has 3 N–H and O–H groups in total. The minimum atomic E-state index is -0.792. The third-order valence-electron chi connectivity index (χ3n) is 4.79. The fourth-order valence-corrected chi connectivity index (χ4v) is 4.39. The highest BCUT2D eigenvalue weighted by atomic mass is 32.1. The van der Waals surface area contributed by atoms with Crippen LogP contribution in [0.5, 0.6) is 0 Å². The van der Waals surface area contributed by atoms with Crippen molar-refractivity contribution in [3.8, 4) is 10.6 Å². The number of allylic oxidation sites excluding steroid dienone is 1. The SMILES string of the molecule is N=C/C(=C\N)N1CCc2nc(-c3ccc(N4CC[C@@H](F)C4)nc3)sc2C1=O. The molecule has 4 heterocycles. The molecule has 0 unspecified atom stereocenters. The maximum Gasteiger partial charge on any atom is 0.270 e. The zero-order chi connectivity index (χ0) is 19.0. The number of aromatic nitrogens is 2. The van der Waals surface area contributed by atoms with Gasteiger partial charge in [0.2, 0.25) is 0 Å². The Bertz CT molecular complexity index is 909. The topological polar surface area (TPSA) is 99.2 Å². The van der Waals surface area contributed by atoms with Gasteiger partial charge in [0, 0.05) is 43.7 Å². The molecule has 0 saturated carbocycles. The van der Waals surface area contributed by atoms with Crippen LogP contribution in [0.1, 0.15) is 21.8 Å². The van der Waals surface area contributed by atoms with Gasteiger partial charge in [0.05, 0.1) is 17.9 Å². The fraction of sp³-hybridized carbons (Fsp3) is 0.333. The molecular formula is C18H19FN6OS. The fourth-order valence-electron chi connectivity index (χ4n) is 3.34. The number of fused-ring (bicyclic) bond motifs is 1. The summed E-state index contributed by atoms with van der Waals surface area (Å²) in [7, 11) is 0. The van der Waals surface area contributed by atoms with Crippen molar-refractivity contribution in [2.45, 2.75) is 19.0 Å². The van der Waals surface area contributed by atoms with Gasteiger partial charge in [-0.1, -0.05) is 0 Å². The summed E-state index contributed by atoms with van der Waals surface area (Å²) in [6, 6.07) is 3.77. The van der Waals surface area contributed by atoms with Gasteiger partial charge in [-0.05, 0) is 18.6 Å². The summed E-state index contributed by atoms with van der Waals surface area (Å²) in [5.74, 6) is 0.571. The van der Waals surface area contributed by atoms with Gasteiger partial charge in [0.25, 0.3) is 5.91 Å². The van der Waals surface area contributed by atoms with Crippen LogP contribution in [0, 0.1) is 5.41 Å². The average Bonchev–Trinajstić information content (AvgIpc) is 3.31. The van der Waals surface area contributed by atoms with Gasteiger partial charge in [-0.3, -0.25) is 4.79 Å². The molecule has 0 bridgehead atoms. The first kappa shape index (κ1) is 17.6. The van der Waals surface area contributed by atoms with E-state index in [-0.39, 0.29) is 5.91 Å². The molecule has 0 spiro atoms. The summed E-state index contributed by atoms with van der Waals surface area (Å²) < 4.78 is 13.4. The van der Waals surface area contributed by atoms with Crippen molar-refractivity contribution in [1.29, 1.82) is 5.41 Å². The van der Waals surface area contributed by atoms with E-state index in [1.54, 1.807) is 6.20 Å². The number of hydrogen-bond donors (Lipinski definition) is 2. The molecule has 2 aromatic rings. The Kier molecular flexibility index (Phi) is 4.61. The molecule has 4 rings (SSSR count). The summed E-state index contributed by atoms with van der Waals surface area (Å²) >= 11 is 1.32. The predicted octanol–water partition coefficient (Wildman–Crippen LogP) is 2.20. The third-order valence-corrected chi connectivity index (χ3v) is 5.92. The molecular weight excluding hydrogens is 367 g/mol. The van der Waals surface area contributed by atoms with Gasteiger partial charge >= 0.3 is 0 Å². The zero-order valence-electron chi connectivity index (χ0n) is 14.6. The molecule has 2 aliphatic rings. The largest absolute Gasteiger partial charge is 0.403 e. The second-order valence-electron chi connectivity index (χ2n) is 6.47. The number of anilines is 1. The van der Waals surface area contributed by atoms with Crippen LogP contribution in [0.4, 0.5) is 10.2 Å². The Morgan fingerprint density at radius 2 is 2.26 bits per heavy atom. The van der Waals surface area contributed by atoms with Crippen molar-refractivity contribution in [3.63, 3.8) is 0 Å². The van der Waals surface area contributed by atoms with Gasteiger partial charge in [-0.15, -0.1) is 11.3 Å². The monoisotopic (exact) mass is 386 g/mol. The number of amides is 1. The Balaban J connectivity index is 1.57. The number of pyridine rings is 1. The molecule has 1 atom stereocenters. The summed E-state index contributed by atoms with van der Waals surface area (Å²) in [6.45, 7) is 1.50. The molecule has 140 valence electrons. The van der Waals surface area contributed by atoms with Crippen LogP contribution < -0.4 is 10.6 Å². The lowest BCUT2D eigenvalue weighted by molar-refractivity contribution is 0.0805. The van der Waals surface area contributed by atoms with E-state index in [0.29, 0.717) is 43.1 Å². The third kappa shape index (κ3) is 3.18. The van der Waals surface area contributed by atoms with Crippen LogP contribution in [0.3, 0.4) is 0 Å². The van der Waals surface area contributed by atoms with Crippen LogP contribution in [0.2, 0.25) is 0 Å². The molecule has 0 aliphatic carbocycles. The quantitative estimate of drug-likeness (QED) is 0.785. The highest BCUT2D eigenvalue weighted by molar-refractivity contribution is 7.17. The molecule has 1 fully saturated rings. The maximum absolute atomic E-state index is 13.4. The molecule has 9 heteroatoms. The standard InChI is InChI=1S/C18H19FN6OS/c19-12-3-5-24(10-12)15-2-1-11(9-22-15)17-23-14-4-6-25(13(7-20)8-21)18(26)16(14)27-17/h1-2,7-9,12,20H,3-6,10,21H2/b13-8+,20-7?/t12-/m1/s1. The Morgan fingerprint density at radius 3 is 2.89 bits per heavy atom. The average molecular weight is 386 g/mol. The summed E-state index contributed by atoms with van der Waals surface area (Å²) in [5, 5.41) is 8.13. The van der Waals surface area contributed by atoms with Crippen LogP contribution in [0.25, 0.3) is 10.6 Å². The number of alkyl halides is 1. The number of thiazole rings is 1. The number of rotatable bonds is 4. The summed E-state index contributed by atoms with van der Waals surface area (Å²) in [5.41, 5.74) is 7.48. The molecule has 0 aromatic carbocycles. The van der Waals surface area contributed by atoms with Crippen LogP contribution >= 0.6 is 11.3 Å². The molecule has 2 aliphatic heterocycles. The van der Waals surface area contributed by atoms with Gasteiger partial charge in [-0.2, -0.15) is 0 Å². The Labute approximate surface area is 159 Å². The predicted molar refractivity (Wildman–Crippen MR) is 103 cm³/mol. The van der Waals surface area contributed by atoms with Crippen LogP contribution in [-0.4, -0.2) is 52.8 Å². The van der Waals surface area contributed by atoms with E-state index < -0.39 is 6.17 Å². The second kappa shape index (κ2) is 7.07. The first-order valence-corrected chi connectivity index (χ1v) is 9.51. The van der Waals surface area contributed by atoms with Crippen molar-refractivity contribution >= 4 is 29.3 Å². The maximum atomic E-state index is 13.4. The van der Waals surface area contributed by atoms with Crippen LogP contribution in [0.15, 0.2) is 30.2 Å². The number of nitrogens with zero attached hydrogens (tertiary/aromatic N) is 4. The molecule has 2 aromatic heterocycles. The minimum Gasteiger partial charge on any atom is -0.403 e. The number of halogens is 1. The lowest BCUT2D eigenvalue weighted by Crippen LogP contribution is -2.37. The number of carbonyl (C=O) groups is 1. The van der Waals surface area contributed by atoms with E-state index >= 15 is 0 Å².